The molecule has 5 nitrogen and oxygen atoms in total. The molecule has 4 rings (SSSR count). The molecule has 2 heterocycles. The van der Waals surface area contributed by atoms with E-state index in [0.717, 1.165) is 22.2 Å². The monoisotopic (exact) mass is 340 g/mol. The predicted octanol–water partition coefficient (Wildman–Crippen LogP) is 4.94. The number of nitrogens with one attached hydrogen (secondary N) is 2. The zero-order valence-corrected chi connectivity index (χ0v) is 13.9. The third-order valence-corrected chi connectivity index (χ3v) is 3.93. The van der Waals surface area contributed by atoms with Crippen molar-refractivity contribution in [1.29, 1.82) is 0 Å². The van der Waals surface area contributed by atoms with Gasteiger partial charge in [0.2, 0.25) is 0 Å². The second-order valence-corrected chi connectivity index (χ2v) is 5.74. The highest BCUT2D eigenvalue weighted by molar-refractivity contribution is 6.05. The maximum atomic E-state index is 12.4. The lowest BCUT2D eigenvalue weighted by atomic mass is 10.1. The van der Waals surface area contributed by atoms with Gasteiger partial charge in [0.15, 0.2) is 0 Å². The van der Waals surface area contributed by atoms with Gasteiger partial charge in [0.25, 0.3) is 0 Å². The van der Waals surface area contributed by atoms with Gasteiger partial charge in [-0.3, -0.25) is 10.3 Å². The molecule has 0 atom stereocenters. The molecule has 2 amide bonds. The number of anilines is 2. The number of carbonyl (C=O) groups excluding carboxylic acids is 1. The quantitative estimate of drug-likeness (QED) is 0.555. The van der Waals surface area contributed by atoms with E-state index in [1.54, 1.807) is 6.20 Å². The zero-order chi connectivity index (χ0) is 17.8. The van der Waals surface area contributed by atoms with Gasteiger partial charge >= 0.3 is 6.03 Å². The normalized spacial score (nSPS) is 10.5. The van der Waals surface area contributed by atoms with Gasteiger partial charge in [-0.2, -0.15) is 0 Å². The van der Waals surface area contributed by atoms with Crippen LogP contribution in [0.5, 0.6) is 0 Å². The molecule has 2 N–H and O–H groups in total. The number of pyridine rings is 2. The van der Waals surface area contributed by atoms with Crippen molar-refractivity contribution in [1.82, 2.24) is 9.97 Å². The van der Waals surface area contributed by atoms with E-state index in [4.69, 9.17) is 0 Å². The average Bonchev–Trinajstić information content (AvgIpc) is 2.69. The predicted molar refractivity (Wildman–Crippen MR) is 104 cm³/mol. The standard InChI is InChI=1S/C21H16N4O/c26-21(23-16-9-2-1-3-10-16)25-20-17-11-5-4-8-15(17)14-19(24-20)18-12-6-7-13-22-18/h1-14H,(H2,23,24,25,26). The number of carbonyl (C=O) groups is 1. The Morgan fingerprint density at radius 2 is 1.54 bits per heavy atom. The highest BCUT2D eigenvalue weighted by atomic mass is 16.2. The Hall–Kier alpha value is -3.73. The number of amides is 2. The Kier molecular flexibility index (Phi) is 4.26. The van der Waals surface area contributed by atoms with Crippen molar-refractivity contribution in [3.05, 3.63) is 85.1 Å². The molecule has 0 unspecified atom stereocenters. The lowest BCUT2D eigenvalue weighted by molar-refractivity contribution is 0.262. The molecule has 4 aromatic rings. The lowest BCUT2D eigenvalue weighted by Gasteiger charge is -2.11. The molecule has 2 aromatic heterocycles. The smallest absolute Gasteiger partial charge is 0.308 e. The molecule has 0 spiro atoms. The van der Waals surface area contributed by atoms with Crippen molar-refractivity contribution in [3.63, 3.8) is 0 Å². The molecule has 0 bridgehead atoms. The fourth-order valence-corrected chi connectivity index (χ4v) is 2.73. The summed E-state index contributed by atoms with van der Waals surface area (Å²) in [5, 5.41) is 7.52. The Morgan fingerprint density at radius 3 is 2.35 bits per heavy atom. The van der Waals surface area contributed by atoms with Crippen LogP contribution in [-0.2, 0) is 0 Å². The summed E-state index contributed by atoms with van der Waals surface area (Å²) in [6, 6.07) is 24.4. The Bertz CT molecular complexity index is 1050. The highest BCUT2D eigenvalue weighted by Gasteiger charge is 2.11. The number of hydrogen-bond acceptors (Lipinski definition) is 3. The van der Waals surface area contributed by atoms with Gasteiger partial charge < -0.3 is 5.32 Å². The zero-order valence-electron chi connectivity index (χ0n) is 13.9. The van der Waals surface area contributed by atoms with Gasteiger partial charge in [-0.05, 0) is 35.7 Å². The maximum Gasteiger partial charge on any atom is 0.324 e. The molecular formula is C21H16N4O. The molecule has 0 radical (unpaired) electrons. The van der Waals surface area contributed by atoms with Crippen LogP contribution in [0, 0.1) is 0 Å². The summed E-state index contributed by atoms with van der Waals surface area (Å²) in [5.74, 6) is 0.497. The third kappa shape index (κ3) is 3.37. The first kappa shape index (κ1) is 15.8. The number of nitrogens with zero attached hydrogens (tertiary/aromatic N) is 2. The summed E-state index contributed by atoms with van der Waals surface area (Å²) < 4.78 is 0. The largest absolute Gasteiger partial charge is 0.324 e. The van der Waals surface area contributed by atoms with E-state index in [9.17, 15) is 4.79 Å². The topological polar surface area (TPSA) is 66.9 Å². The molecule has 0 aliphatic carbocycles. The molecule has 0 aliphatic rings. The summed E-state index contributed by atoms with van der Waals surface area (Å²) in [6.45, 7) is 0. The van der Waals surface area contributed by atoms with Crippen LogP contribution in [-0.4, -0.2) is 16.0 Å². The van der Waals surface area contributed by atoms with Crippen LogP contribution in [0.1, 0.15) is 0 Å². The van der Waals surface area contributed by atoms with E-state index in [1.807, 2.05) is 78.9 Å². The molecule has 2 aromatic carbocycles. The van der Waals surface area contributed by atoms with Crippen LogP contribution in [0.2, 0.25) is 0 Å². The van der Waals surface area contributed by atoms with Crippen LogP contribution in [0.3, 0.4) is 0 Å². The van der Waals surface area contributed by atoms with Gasteiger partial charge in [0.1, 0.15) is 5.82 Å². The maximum absolute atomic E-state index is 12.4. The molecule has 126 valence electrons. The first-order valence-electron chi connectivity index (χ1n) is 8.24. The van der Waals surface area contributed by atoms with Crippen LogP contribution in [0.4, 0.5) is 16.3 Å². The molecule has 0 saturated heterocycles. The Labute approximate surface area is 150 Å². The van der Waals surface area contributed by atoms with Crippen molar-refractivity contribution in [2.45, 2.75) is 0 Å². The third-order valence-electron chi connectivity index (χ3n) is 3.93. The van der Waals surface area contributed by atoms with E-state index in [2.05, 4.69) is 20.6 Å². The van der Waals surface area contributed by atoms with Crippen molar-refractivity contribution in [2.24, 2.45) is 0 Å². The van der Waals surface area contributed by atoms with E-state index >= 15 is 0 Å². The fourth-order valence-electron chi connectivity index (χ4n) is 2.73. The van der Waals surface area contributed by atoms with Crippen molar-refractivity contribution >= 4 is 28.3 Å². The van der Waals surface area contributed by atoms with E-state index in [1.165, 1.54) is 0 Å². The van der Waals surface area contributed by atoms with E-state index in [-0.39, 0.29) is 6.03 Å². The van der Waals surface area contributed by atoms with Gasteiger partial charge in [0, 0.05) is 17.3 Å². The number of rotatable bonds is 3. The molecular weight excluding hydrogens is 324 g/mol. The first-order chi connectivity index (χ1) is 12.8. The van der Waals surface area contributed by atoms with Gasteiger partial charge in [-0.25, -0.2) is 9.78 Å². The minimum atomic E-state index is -0.341. The molecule has 5 heteroatoms. The summed E-state index contributed by atoms with van der Waals surface area (Å²) in [7, 11) is 0. The summed E-state index contributed by atoms with van der Waals surface area (Å²) in [6.07, 6.45) is 1.72. The van der Waals surface area contributed by atoms with Crippen LogP contribution >= 0.6 is 0 Å². The fraction of sp³-hybridized carbons (Fsp3) is 0. The van der Waals surface area contributed by atoms with E-state index in [0.29, 0.717) is 11.5 Å². The SMILES string of the molecule is O=C(Nc1ccccc1)Nc1nc(-c2ccccn2)cc2ccccc12. The van der Waals surface area contributed by atoms with Crippen LogP contribution < -0.4 is 10.6 Å². The Morgan fingerprint density at radius 1 is 0.769 bits per heavy atom. The van der Waals surface area contributed by atoms with Gasteiger partial charge in [0.05, 0.1) is 11.4 Å². The minimum absolute atomic E-state index is 0.341. The highest BCUT2D eigenvalue weighted by Crippen LogP contribution is 2.27. The van der Waals surface area contributed by atoms with Crippen LogP contribution in [0.25, 0.3) is 22.2 Å². The number of hydrogen-bond donors (Lipinski definition) is 2. The van der Waals surface area contributed by atoms with Gasteiger partial charge in [-0.1, -0.05) is 48.5 Å². The number of para-hydroxylation sites is 1. The van der Waals surface area contributed by atoms with Crippen molar-refractivity contribution < 1.29 is 4.79 Å². The van der Waals surface area contributed by atoms with Crippen molar-refractivity contribution in [2.75, 3.05) is 10.6 Å². The molecule has 0 saturated carbocycles. The minimum Gasteiger partial charge on any atom is -0.308 e. The Balaban J connectivity index is 1.70. The van der Waals surface area contributed by atoms with Gasteiger partial charge in [-0.15, -0.1) is 0 Å². The number of urea groups is 1. The van der Waals surface area contributed by atoms with E-state index < -0.39 is 0 Å². The van der Waals surface area contributed by atoms with Crippen molar-refractivity contribution in [3.8, 4) is 11.4 Å². The molecule has 0 fully saturated rings. The number of aromatic nitrogens is 2. The first-order valence-corrected chi connectivity index (χ1v) is 8.24. The summed E-state index contributed by atoms with van der Waals surface area (Å²) >= 11 is 0. The number of benzene rings is 2. The van der Waals surface area contributed by atoms with Crippen LogP contribution in [0.15, 0.2) is 85.1 Å². The molecule has 0 aliphatic heterocycles. The summed E-state index contributed by atoms with van der Waals surface area (Å²) in [4.78, 5) is 21.4. The summed E-state index contributed by atoms with van der Waals surface area (Å²) in [5.41, 5.74) is 2.18. The number of fused-ring (bicyclic) bond motifs is 1. The average molecular weight is 340 g/mol. The second kappa shape index (κ2) is 7.03. The lowest BCUT2D eigenvalue weighted by Crippen LogP contribution is -2.20. The second-order valence-electron chi connectivity index (χ2n) is 5.74. The molecule has 26 heavy (non-hydrogen) atoms.